The van der Waals surface area contributed by atoms with Gasteiger partial charge >= 0.3 is 0 Å². The van der Waals surface area contributed by atoms with Gasteiger partial charge in [0.15, 0.2) is 0 Å². The topological polar surface area (TPSA) is 25.2 Å². The summed E-state index contributed by atoms with van der Waals surface area (Å²) in [7, 11) is 2.04. The maximum Gasteiger partial charge on any atom is 0.0699 e. The van der Waals surface area contributed by atoms with E-state index in [1.54, 1.807) is 0 Å². The van der Waals surface area contributed by atoms with E-state index in [1.165, 1.54) is 16.3 Å². The van der Waals surface area contributed by atoms with E-state index in [1.807, 2.05) is 14.0 Å². The van der Waals surface area contributed by atoms with Crippen LogP contribution in [0.5, 0.6) is 0 Å². The Balaban J connectivity index is 2.19. The number of hydrogen-bond donors (Lipinski definition) is 1. The van der Waals surface area contributed by atoms with Crippen molar-refractivity contribution in [2.75, 3.05) is 0 Å². The summed E-state index contributed by atoms with van der Waals surface area (Å²) in [6.45, 7) is 2.13. The lowest BCUT2D eigenvalue weighted by Gasteiger charge is -2.07. The first-order valence-electron chi connectivity index (χ1n) is 6.46. The summed E-state index contributed by atoms with van der Waals surface area (Å²) < 4.78 is 2.13. The molecular formula is C17H17NO. The minimum Gasteiger partial charge on any atom is -0.392 e. The molecule has 0 aliphatic carbocycles. The molecule has 3 aromatic rings. The van der Waals surface area contributed by atoms with Gasteiger partial charge in [-0.3, -0.25) is 0 Å². The zero-order valence-electron chi connectivity index (χ0n) is 11.2. The molecule has 3 rings (SSSR count). The summed E-state index contributed by atoms with van der Waals surface area (Å²) in [5.74, 6) is 0. The summed E-state index contributed by atoms with van der Waals surface area (Å²) in [6, 6.07) is 16.9. The summed E-state index contributed by atoms with van der Waals surface area (Å²) in [5.41, 5.74) is 4.44. The number of rotatable bonds is 2. The molecular weight excluding hydrogens is 234 g/mol. The van der Waals surface area contributed by atoms with Gasteiger partial charge in [-0.25, -0.2) is 0 Å². The molecule has 2 heteroatoms. The number of fused-ring (bicyclic) bond motifs is 1. The van der Waals surface area contributed by atoms with Crippen LogP contribution in [0.3, 0.4) is 0 Å². The highest BCUT2D eigenvalue weighted by molar-refractivity contribution is 5.87. The van der Waals surface area contributed by atoms with Crippen LogP contribution in [-0.2, 0) is 13.7 Å². The van der Waals surface area contributed by atoms with Crippen LogP contribution in [0, 0.1) is 6.92 Å². The molecule has 0 aliphatic rings. The minimum atomic E-state index is 0.0905. The standard InChI is InChI=1S/C17H17NO/c1-12-16(11-19)10-17(18(12)2)15-8-7-13-5-3-4-6-14(13)9-15/h3-10,19H,11H2,1-2H3. The summed E-state index contributed by atoms with van der Waals surface area (Å²) in [6.07, 6.45) is 0. The first-order chi connectivity index (χ1) is 9.20. The molecule has 0 aliphatic heterocycles. The summed E-state index contributed by atoms with van der Waals surface area (Å²) >= 11 is 0. The van der Waals surface area contributed by atoms with E-state index in [-0.39, 0.29) is 6.61 Å². The van der Waals surface area contributed by atoms with E-state index < -0.39 is 0 Å². The number of aromatic nitrogens is 1. The molecule has 0 unspecified atom stereocenters. The van der Waals surface area contributed by atoms with Gasteiger partial charge in [0.2, 0.25) is 0 Å². The van der Waals surface area contributed by atoms with Crippen LogP contribution in [0.2, 0.25) is 0 Å². The van der Waals surface area contributed by atoms with Crippen molar-refractivity contribution in [3.05, 3.63) is 59.8 Å². The molecule has 1 heterocycles. The molecule has 0 spiro atoms. The Morgan fingerprint density at radius 1 is 1.00 bits per heavy atom. The van der Waals surface area contributed by atoms with Crippen molar-refractivity contribution < 1.29 is 5.11 Å². The van der Waals surface area contributed by atoms with Crippen LogP contribution >= 0.6 is 0 Å². The second kappa shape index (κ2) is 4.56. The van der Waals surface area contributed by atoms with Crippen molar-refractivity contribution in [1.29, 1.82) is 0 Å². The van der Waals surface area contributed by atoms with Crippen LogP contribution < -0.4 is 0 Å². The zero-order chi connectivity index (χ0) is 13.4. The Bertz CT molecular complexity index is 740. The van der Waals surface area contributed by atoms with Crippen LogP contribution in [-0.4, -0.2) is 9.67 Å². The van der Waals surface area contributed by atoms with Crippen LogP contribution in [0.4, 0.5) is 0 Å². The van der Waals surface area contributed by atoms with Crippen LogP contribution in [0.15, 0.2) is 48.5 Å². The van der Waals surface area contributed by atoms with E-state index in [0.717, 1.165) is 17.0 Å². The highest BCUT2D eigenvalue weighted by atomic mass is 16.3. The van der Waals surface area contributed by atoms with Gasteiger partial charge in [-0.15, -0.1) is 0 Å². The van der Waals surface area contributed by atoms with Gasteiger partial charge in [0.05, 0.1) is 6.61 Å². The highest BCUT2D eigenvalue weighted by Gasteiger charge is 2.10. The van der Waals surface area contributed by atoms with E-state index in [0.29, 0.717) is 0 Å². The third-order valence-corrected chi connectivity index (χ3v) is 3.86. The lowest BCUT2D eigenvalue weighted by molar-refractivity contribution is 0.281. The van der Waals surface area contributed by atoms with Gasteiger partial charge in [-0.1, -0.05) is 36.4 Å². The van der Waals surface area contributed by atoms with Crippen LogP contribution in [0.1, 0.15) is 11.3 Å². The number of aliphatic hydroxyl groups is 1. The maximum absolute atomic E-state index is 9.36. The second-order valence-corrected chi connectivity index (χ2v) is 4.92. The Kier molecular flexibility index (Phi) is 2.88. The molecule has 0 fully saturated rings. The smallest absolute Gasteiger partial charge is 0.0699 e. The minimum absolute atomic E-state index is 0.0905. The predicted molar refractivity (Wildman–Crippen MR) is 79.0 cm³/mol. The van der Waals surface area contributed by atoms with Gasteiger partial charge in [-0.2, -0.15) is 0 Å². The molecule has 1 N–H and O–H groups in total. The Morgan fingerprint density at radius 3 is 2.42 bits per heavy atom. The fourth-order valence-electron chi connectivity index (χ4n) is 2.55. The van der Waals surface area contributed by atoms with Gasteiger partial charge in [0, 0.05) is 18.4 Å². The lowest BCUT2D eigenvalue weighted by Crippen LogP contribution is -1.95. The van der Waals surface area contributed by atoms with E-state index in [4.69, 9.17) is 0 Å². The van der Waals surface area contributed by atoms with E-state index in [2.05, 4.69) is 53.1 Å². The monoisotopic (exact) mass is 251 g/mol. The predicted octanol–water partition coefficient (Wildman–Crippen LogP) is 3.65. The second-order valence-electron chi connectivity index (χ2n) is 4.92. The quantitative estimate of drug-likeness (QED) is 0.739. The molecule has 2 nitrogen and oxygen atoms in total. The van der Waals surface area contributed by atoms with Gasteiger partial charge in [-0.05, 0) is 41.0 Å². The van der Waals surface area contributed by atoms with Gasteiger partial charge in [0.25, 0.3) is 0 Å². The van der Waals surface area contributed by atoms with Crippen molar-refractivity contribution in [2.45, 2.75) is 13.5 Å². The average molecular weight is 251 g/mol. The molecule has 0 atom stereocenters. The Labute approximate surface area is 112 Å². The van der Waals surface area contributed by atoms with Crippen molar-refractivity contribution in [3.63, 3.8) is 0 Å². The molecule has 1 aromatic heterocycles. The highest BCUT2D eigenvalue weighted by Crippen LogP contribution is 2.27. The fourth-order valence-corrected chi connectivity index (χ4v) is 2.55. The fraction of sp³-hybridized carbons (Fsp3) is 0.176. The molecule has 0 bridgehead atoms. The first kappa shape index (κ1) is 12.0. The normalized spacial score (nSPS) is 11.1. The Hall–Kier alpha value is -2.06. The van der Waals surface area contributed by atoms with E-state index >= 15 is 0 Å². The molecule has 0 amide bonds. The molecule has 0 saturated carbocycles. The molecule has 0 radical (unpaired) electrons. The average Bonchev–Trinajstić information content (AvgIpc) is 2.74. The first-order valence-corrected chi connectivity index (χ1v) is 6.46. The van der Waals surface area contributed by atoms with Crippen LogP contribution in [0.25, 0.3) is 22.0 Å². The largest absolute Gasteiger partial charge is 0.392 e. The van der Waals surface area contributed by atoms with Crippen molar-refractivity contribution in [3.8, 4) is 11.3 Å². The third kappa shape index (κ3) is 1.94. The molecule has 19 heavy (non-hydrogen) atoms. The van der Waals surface area contributed by atoms with Gasteiger partial charge < -0.3 is 9.67 Å². The third-order valence-electron chi connectivity index (χ3n) is 3.86. The Morgan fingerprint density at radius 2 is 1.74 bits per heavy atom. The lowest BCUT2D eigenvalue weighted by atomic mass is 10.0. The van der Waals surface area contributed by atoms with E-state index in [9.17, 15) is 5.11 Å². The van der Waals surface area contributed by atoms with Gasteiger partial charge in [0.1, 0.15) is 0 Å². The molecule has 96 valence electrons. The SMILES string of the molecule is Cc1c(CO)cc(-c2ccc3ccccc3c2)n1C. The maximum atomic E-state index is 9.36. The summed E-state index contributed by atoms with van der Waals surface area (Å²) in [4.78, 5) is 0. The van der Waals surface area contributed by atoms with Crippen molar-refractivity contribution >= 4 is 10.8 Å². The molecule has 2 aromatic carbocycles. The number of hydrogen-bond acceptors (Lipinski definition) is 1. The van der Waals surface area contributed by atoms with Crippen molar-refractivity contribution in [2.24, 2.45) is 7.05 Å². The number of benzene rings is 2. The number of nitrogens with zero attached hydrogens (tertiary/aromatic N) is 1. The number of aliphatic hydroxyl groups excluding tert-OH is 1. The molecule has 0 saturated heterocycles. The summed E-state index contributed by atoms with van der Waals surface area (Å²) in [5, 5.41) is 11.9. The zero-order valence-corrected chi connectivity index (χ0v) is 11.2. The van der Waals surface area contributed by atoms with Crippen molar-refractivity contribution in [1.82, 2.24) is 4.57 Å².